The first kappa shape index (κ1) is 31.1. The average Bonchev–Trinajstić information content (AvgIpc) is 3.69. The van der Waals surface area contributed by atoms with Crippen molar-refractivity contribution in [3.63, 3.8) is 0 Å². The number of hydrogen-bond acceptors (Lipinski definition) is 9. The van der Waals surface area contributed by atoms with Crippen molar-refractivity contribution in [2.75, 3.05) is 0 Å². The van der Waals surface area contributed by atoms with Gasteiger partial charge < -0.3 is 14.9 Å². The molecule has 238 valence electrons. The fourth-order valence-corrected chi connectivity index (χ4v) is 6.32. The topological polar surface area (TPSA) is 136 Å². The molecule has 2 unspecified atom stereocenters. The molecule has 2 aromatic heterocycles. The maximum absolute atomic E-state index is 14.3. The van der Waals surface area contributed by atoms with E-state index in [1.165, 1.54) is 6.33 Å². The number of aliphatic hydroxyl groups is 2. The van der Waals surface area contributed by atoms with Crippen molar-refractivity contribution in [2.45, 2.75) is 103 Å². The lowest BCUT2D eigenvalue weighted by atomic mass is 9.91. The molecule has 1 aliphatic heterocycles. The van der Waals surface area contributed by atoms with Gasteiger partial charge in [0.2, 0.25) is 5.78 Å². The highest BCUT2D eigenvalue weighted by Crippen LogP contribution is 2.33. The van der Waals surface area contributed by atoms with Crippen molar-refractivity contribution in [1.29, 1.82) is 0 Å². The maximum Gasteiger partial charge on any atom is 0.280 e. The van der Waals surface area contributed by atoms with Crippen LogP contribution < -0.4 is 11.0 Å². The van der Waals surface area contributed by atoms with Crippen molar-refractivity contribution < 1.29 is 19.8 Å². The van der Waals surface area contributed by atoms with Crippen LogP contribution >= 0.6 is 0 Å². The third-order valence-corrected chi connectivity index (χ3v) is 9.04. The molecule has 0 bridgehead atoms. The molecule has 1 aliphatic carbocycles. The van der Waals surface area contributed by atoms with Crippen LogP contribution in [0.5, 0.6) is 0 Å². The normalized spacial score (nSPS) is 21.1. The number of nitrogens with zero attached hydrogens (tertiary/aromatic N) is 5. The quantitative estimate of drug-likeness (QED) is 0.240. The summed E-state index contributed by atoms with van der Waals surface area (Å²) in [4.78, 5) is 28.0. The summed E-state index contributed by atoms with van der Waals surface area (Å²) in [6.07, 6.45) is 5.32. The second kappa shape index (κ2) is 12.8. The highest BCUT2D eigenvalue weighted by atomic mass is 16.7. The zero-order chi connectivity index (χ0) is 31.7. The van der Waals surface area contributed by atoms with E-state index in [0.717, 1.165) is 72.0 Å². The van der Waals surface area contributed by atoms with Gasteiger partial charge in [-0.05, 0) is 69.6 Å². The first-order valence-corrected chi connectivity index (χ1v) is 15.8. The molecule has 2 aliphatic rings. The Bertz CT molecular complexity index is 1730. The van der Waals surface area contributed by atoms with Crippen molar-refractivity contribution in [2.24, 2.45) is 4.99 Å². The largest absolute Gasteiger partial charge is 0.388 e. The summed E-state index contributed by atoms with van der Waals surface area (Å²) in [6, 6.07) is 16.0. The fourth-order valence-electron chi connectivity index (χ4n) is 6.32. The molecule has 2 atom stereocenters. The predicted molar refractivity (Wildman–Crippen MR) is 171 cm³/mol. The molecule has 0 amide bonds. The number of aromatic nitrogens is 4. The monoisotopic (exact) mass is 614 g/mol. The zero-order valence-corrected chi connectivity index (χ0v) is 26.3. The van der Waals surface area contributed by atoms with E-state index in [2.05, 4.69) is 39.6 Å². The van der Waals surface area contributed by atoms with Gasteiger partial charge in [0.05, 0.1) is 23.5 Å². The second-order valence-electron chi connectivity index (χ2n) is 12.6. The van der Waals surface area contributed by atoms with Gasteiger partial charge in [-0.15, -0.1) is 0 Å². The first-order valence-electron chi connectivity index (χ1n) is 15.8. The van der Waals surface area contributed by atoms with Gasteiger partial charge in [-0.25, -0.2) is 19.8 Å². The molecule has 45 heavy (non-hydrogen) atoms. The first-order chi connectivity index (χ1) is 21.6. The Morgan fingerprint density at radius 3 is 2.44 bits per heavy atom. The van der Waals surface area contributed by atoms with Gasteiger partial charge >= 0.3 is 0 Å². The van der Waals surface area contributed by atoms with E-state index < -0.39 is 12.0 Å². The van der Waals surface area contributed by atoms with E-state index in [1.54, 1.807) is 13.8 Å². The molecular weight excluding hydrogens is 572 g/mol. The summed E-state index contributed by atoms with van der Waals surface area (Å²) in [5.41, 5.74) is 7.19. The minimum atomic E-state index is -1.23. The SMILES string of the molecule is CCCc1c(Cc2ccc(-c3ccccc3C3=NC(O)ON3)cc2)c(=O)n(C2CCC(OC(C)C(C)(C)O)CC2)c2ncnn12. The number of ether oxygens (including phenoxy) is 1. The molecule has 4 aromatic rings. The molecule has 0 radical (unpaired) electrons. The lowest BCUT2D eigenvalue weighted by Gasteiger charge is -2.35. The van der Waals surface area contributed by atoms with Crippen LogP contribution in [0.15, 0.2) is 64.6 Å². The number of rotatable bonds is 10. The fraction of sp³-hybridized carbons (Fsp3) is 0.471. The number of hydrogen-bond donors (Lipinski definition) is 3. The van der Waals surface area contributed by atoms with E-state index >= 15 is 0 Å². The summed E-state index contributed by atoms with van der Waals surface area (Å²) in [5.74, 6) is 1.06. The van der Waals surface area contributed by atoms with E-state index in [9.17, 15) is 15.0 Å². The van der Waals surface area contributed by atoms with Gasteiger partial charge in [0.25, 0.3) is 12.0 Å². The summed E-state index contributed by atoms with van der Waals surface area (Å²) in [6.45, 7) is 7.54. The number of aryl methyl sites for hydroxylation is 1. The molecule has 0 saturated heterocycles. The molecule has 1 saturated carbocycles. The van der Waals surface area contributed by atoms with Gasteiger partial charge in [0.15, 0.2) is 5.84 Å². The van der Waals surface area contributed by atoms with E-state index in [4.69, 9.17) is 9.57 Å². The summed E-state index contributed by atoms with van der Waals surface area (Å²) in [7, 11) is 0. The molecule has 1 fully saturated rings. The molecular formula is C34H42N6O5. The van der Waals surface area contributed by atoms with E-state index in [-0.39, 0.29) is 23.8 Å². The minimum Gasteiger partial charge on any atom is -0.388 e. The maximum atomic E-state index is 14.3. The lowest BCUT2D eigenvalue weighted by Crippen LogP contribution is -2.40. The highest BCUT2D eigenvalue weighted by Gasteiger charge is 2.31. The van der Waals surface area contributed by atoms with Crippen LogP contribution in [0, 0.1) is 0 Å². The molecule has 2 aromatic carbocycles. The smallest absolute Gasteiger partial charge is 0.280 e. The summed E-state index contributed by atoms with van der Waals surface area (Å²) >= 11 is 0. The summed E-state index contributed by atoms with van der Waals surface area (Å²) < 4.78 is 9.89. The number of benzene rings is 2. The highest BCUT2D eigenvalue weighted by molar-refractivity contribution is 6.04. The number of amidine groups is 1. The second-order valence-corrected chi connectivity index (χ2v) is 12.6. The van der Waals surface area contributed by atoms with Gasteiger partial charge in [0.1, 0.15) is 6.33 Å². The van der Waals surface area contributed by atoms with Crippen LogP contribution in [-0.4, -0.2) is 59.4 Å². The van der Waals surface area contributed by atoms with Gasteiger partial charge in [-0.2, -0.15) is 10.1 Å². The number of fused-ring (bicyclic) bond motifs is 1. The molecule has 0 spiro atoms. The zero-order valence-electron chi connectivity index (χ0n) is 26.3. The number of nitrogens with one attached hydrogen (secondary N) is 1. The Balaban J connectivity index is 1.29. The average molecular weight is 615 g/mol. The molecule has 11 heteroatoms. The third kappa shape index (κ3) is 6.44. The number of aliphatic hydroxyl groups excluding tert-OH is 1. The van der Waals surface area contributed by atoms with Crippen LogP contribution in [-0.2, 0) is 22.4 Å². The molecule has 6 rings (SSSR count). The van der Waals surface area contributed by atoms with Crippen LogP contribution in [0.2, 0.25) is 0 Å². The number of aliphatic imine (C=N–C) groups is 1. The standard InChI is InChI=1S/C34H42N6O5/c1-5-8-29-28(19-22-11-13-23(14-12-22)26-9-6-7-10-27(26)30-37-33(42)45-38-30)31(41)39(32-35-20-36-40(29)32)24-15-17-25(18-16-24)44-21(2)34(3,4)43/h6-7,9-14,20-21,24-25,33,42-43H,5,8,15-19H2,1-4H3,(H,37,38). The van der Waals surface area contributed by atoms with E-state index in [1.807, 2.05) is 52.4 Å². The third-order valence-electron chi connectivity index (χ3n) is 9.04. The minimum absolute atomic E-state index is 0.00789. The Morgan fingerprint density at radius 1 is 1.09 bits per heavy atom. The molecule has 3 N–H and O–H groups in total. The van der Waals surface area contributed by atoms with Crippen LogP contribution in [0.4, 0.5) is 0 Å². The Labute approximate surface area is 262 Å². The van der Waals surface area contributed by atoms with Crippen molar-refractivity contribution >= 4 is 11.6 Å². The van der Waals surface area contributed by atoms with Gasteiger partial charge in [-0.3, -0.25) is 9.36 Å². The van der Waals surface area contributed by atoms with Gasteiger partial charge in [0, 0.05) is 23.6 Å². The van der Waals surface area contributed by atoms with Crippen molar-refractivity contribution in [1.82, 2.24) is 24.6 Å². The van der Waals surface area contributed by atoms with Gasteiger partial charge in [-0.1, -0.05) is 61.9 Å². The Hall–Kier alpha value is -3.90. The molecule has 3 heterocycles. The predicted octanol–water partition coefficient (Wildman–Crippen LogP) is 4.32. The van der Waals surface area contributed by atoms with Crippen LogP contribution in [0.25, 0.3) is 16.9 Å². The molecule has 11 nitrogen and oxygen atoms in total. The Morgan fingerprint density at radius 2 is 1.80 bits per heavy atom. The summed E-state index contributed by atoms with van der Waals surface area (Å²) in [5, 5.41) is 24.6. The Kier molecular flexibility index (Phi) is 8.87. The van der Waals surface area contributed by atoms with Crippen molar-refractivity contribution in [3.05, 3.63) is 87.6 Å². The van der Waals surface area contributed by atoms with Crippen LogP contribution in [0.1, 0.15) is 88.2 Å². The number of hydroxylamine groups is 1. The lowest BCUT2D eigenvalue weighted by molar-refractivity contribution is -0.118. The van der Waals surface area contributed by atoms with Crippen LogP contribution in [0.3, 0.4) is 0 Å². The van der Waals surface area contributed by atoms with Crippen molar-refractivity contribution in [3.8, 4) is 11.1 Å². The van der Waals surface area contributed by atoms with E-state index in [0.29, 0.717) is 18.0 Å².